The standard InChI is InChI=1S/C20H28N2O4S/c1-20(2,3)16-7-9-17(10-8-16)26-19(23)14-22(4)27(24,25)18-11-5-15(13-21)6-12-18/h5-6,11-12,16-17H,7-10,14H2,1-4H3. The van der Waals surface area contributed by atoms with Gasteiger partial charge in [0, 0.05) is 7.05 Å². The van der Waals surface area contributed by atoms with Crippen molar-refractivity contribution >= 4 is 16.0 Å². The van der Waals surface area contributed by atoms with Gasteiger partial charge in [-0.1, -0.05) is 20.8 Å². The Morgan fingerprint density at radius 2 is 1.74 bits per heavy atom. The molecule has 1 aromatic carbocycles. The van der Waals surface area contributed by atoms with Gasteiger partial charge in [-0.2, -0.15) is 9.57 Å². The van der Waals surface area contributed by atoms with Crippen LogP contribution >= 0.6 is 0 Å². The van der Waals surface area contributed by atoms with Crippen LogP contribution in [0.1, 0.15) is 52.0 Å². The molecule has 0 radical (unpaired) electrons. The molecular weight excluding hydrogens is 364 g/mol. The summed E-state index contributed by atoms with van der Waals surface area (Å²) in [6.07, 6.45) is 3.53. The van der Waals surface area contributed by atoms with E-state index in [0.29, 0.717) is 11.5 Å². The number of esters is 1. The molecular formula is C20H28N2O4S. The molecule has 1 saturated carbocycles. The number of rotatable bonds is 5. The lowest BCUT2D eigenvalue weighted by molar-refractivity contribution is -0.151. The summed E-state index contributed by atoms with van der Waals surface area (Å²) < 4.78 is 31.6. The molecule has 0 unspecified atom stereocenters. The minimum atomic E-state index is -3.80. The fraction of sp³-hybridized carbons (Fsp3) is 0.600. The maximum absolute atomic E-state index is 12.5. The largest absolute Gasteiger partial charge is 0.461 e. The SMILES string of the molecule is CN(CC(=O)OC1CCC(C(C)(C)C)CC1)S(=O)(=O)c1ccc(C#N)cc1. The lowest BCUT2D eigenvalue weighted by Crippen LogP contribution is -2.36. The number of carbonyl (C=O) groups excluding carboxylic acids is 1. The number of nitriles is 1. The molecule has 1 aliphatic rings. The molecule has 0 aromatic heterocycles. The average Bonchev–Trinajstić information content (AvgIpc) is 2.61. The van der Waals surface area contributed by atoms with Gasteiger partial charge in [0.15, 0.2) is 0 Å². The average molecular weight is 393 g/mol. The molecule has 6 nitrogen and oxygen atoms in total. The van der Waals surface area contributed by atoms with Gasteiger partial charge in [0.05, 0.1) is 16.5 Å². The molecule has 0 aliphatic heterocycles. The fourth-order valence-electron chi connectivity index (χ4n) is 3.42. The van der Waals surface area contributed by atoms with E-state index >= 15 is 0 Å². The Morgan fingerprint density at radius 1 is 1.19 bits per heavy atom. The summed E-state index contributed by atoms with van der Waals surface area (Å²) in [4.78, 5) is 12.3. The Hall–Kier alpha value is -1.91. The lowest BCUT2D eigenvalue weighted by Gasteiger charge is -2.36. The highest BCUT2D eigenvalue weighted by atomic mass is 32.2. The van der Waals surface area contributed by atoms with Gasteiger partial charge in [0.1, 0.15) is 12.6 Å². The van der Waals surface area contributed by atoms with E-state index in [1.165, 1.54) is 31.3 Å². The van der Waals surface area contributed by atoms with Gasteiger partial charge < -0.3 is 4.74 Å². The third-order valence-electron chi connectivity index (χ3n) is 5.24. The van der Waals surface area contributed by atoms with Gasteiger partial charge in [0.2, 0.25) is 10.0 Å². The summed E-state index contributed by atoms with van der Waals surface area (Å²) in [5, 5.41) is 8.80. The van der Waals surface area contributed by atoms with Crippen LogP contribution < -0.4 is 0 Å². The van der Waals surface area contributed by atoms with Crippen molar-refractivity contribution in [2.75, 3.05) is 13.6 Å². The zero-order valence-electron chi connectivity index (χ0n) is 16.4. The van der Waals surface area contributed by atoms with E-state index < -0.39 is 16.0 Å². The summed E-state index contributed by atoms with van der Waals surface area (Å²) in [5.41, 5.74) is 0.631. The van der Waals surface area contributed by atoms with E-state index in [2.05, 4.69) is 20.8 Å². The normalized spacial score (nSPS) is 20.9. The van der Waals surface area contributed by atoms with Crippen LogP contribution in [0.3, 0.4) is 0 Å². The lowest BCUT2D eigenvalue weighted by atomic mass is 9.72. The predicted octanol–water partition coefficient (Wildman–Crippen LogP) is 3.33. The Labute approximate surface area is 162 Å². The molecule has 0 bridgehead atoms. The number of likely N-dealkylation sites (N-methyl/N-ethyl adjacent to an activating group) is 1. The van der Waals surface area contributed by atoms with Crippen LogP contribution in [0.2, 0.25) is 0 Å². The number of hydrogen-bond acceptors (Lipinski definition) is 5. The number of benzene rings is 1. The first kappa shape index (κ1) is 21.4. The number of sulfonamides is 1. The molecule has 0 atom stereocenters. The third-order valence-corrected chi connectivity index (χ3v) is 7.06. The molecule has 148 valence electrons. The summed E-state index contributed by atoms with van der Waals surface area (Å²) in [6, 6.07) is 7.55. The molecule has 0 heterocycles. The molecule has 2 rings (SSSR count). The Morgan fingerprint density at radius 3 is 2.22 bits per heavy atom. The van der Waals surface area contributed by atoms with Crippen molar-refractivity contribution in [3.63, 3.8) is 0 Å². The van der Waals surface area contributed by atoms with Crippen LogP contribution in [0.4, 0.5) is 0 Å². The topological polar surface area (TPSA) is 87.5 Å². The van der Waals surface area contributed by atoms with Crippen molar-refractivity contribution in [1.82, 2.24) is 4.31 Å². The van der Waals surface area contributed by atoms with Gasteiger partial charge in [-0.05, 0) is 61.3 Å². The second-order valence-corrected chi connectivity index (χ2v) is 10.3. The van der Waals surface area contributed by atoms with Gasteiger partial charge in [-0.15, -0.1) is 0 Å². The van der Waals surface area contributed by atoms with Gasteiger partial charge in [-0.25, -0.2) is 8.42 Å². The quantitative estimate of drug-likeness (QED) is 0.717. The van der Waals surface area contributed by atoms with Gasteiger partial charge >= 0.3 is 5.97 Å². The minimum absolute atomic E-state index is 0.0440. The van der Waals surface area contributed by atoms with Crippen molar-refractivity contribution < 1.29 is 17.9 Å². The second kappa shape index (κ2) is 8.41. The van der Waals surface area contributed by atoms with Gasteiger partial charge in [0.25, 0.3) is 0 Å². The van der Waals surface area contributed by atoms with Crippen molar-refractivity contribution in [3.8, 4) is 6.07 Å². The highest BCUT2D eigenvalue weighted by Crippen LogP contribution is 2.38. The Kier molecular flexibility index (Phi) is 6.66. The molecule has 0 saturated heterocycles. The number of hydrogen-bond donors (Lipinski definition) is 0. The fourth-order valence-corrected chi connectivity index (χ4v) is 4.53. The van der Waals surface area contributed by atoms with Crippen LogP contribution in [-0.4, -0.2) is 38.4 Å². The van der Waals surface area contributed by atoms with E-state index in [4.69, 9.17) is 10.00 Å². The third kappa shape index (κ3) is 5.53. The molecule has 0 spiro atoms. The Bertz CT molecular complexity index is 796. The molecule has 1 aromatic rings. The minimum Gasteiger partial charge on any atom is -0.461 e. The first-order valence-corrected chi connectivity index (χ1v) is 10.6. The molecule has 1 aliphatic carbocycles. The number of ether oxygens (including phenoxy) is 1. The van der Waals surface area contributed by atoms with E-state index in [1.54, 1.807) is 0 Å². The molecule has 0 N–H and O–H groups in total. The van der Waals surface area contributed by atoms with Crippen molar-refractivity contribution in [2.45, 2.75) is 57.5 Å². The van der Waals surface area contributed by atoms with E-state index in [1.807, 2.05) is 6.07 Å². The van der Waals surface area contributed by atoms with Crippen molar-refractivity contribution in [1.29, 1.82) is 5.26 Å². The molecule has 7 heteroatoms. The monoisotopic (exact) mass is 392 g/mol. The maximum Gasteiger partial charge on any atom is 0.321 e. The molecule has 27 heavy (non-hydrogen) atoms. The smallest absolute Gasteiger partial charge is 0.321 e. The number of carbonyl (C=O) groups is 1. The van der Waals surface area contributed by atoms with Crippen molar-refractivity contribution in [3.05, 3.63) is 29.8 Å². The summed E-state index contributed by atoms with van der Waals surface area (Å²) in [6.45, 7) is 6.36. The summed E-state index contributed by atoms with van der Waals surface area (Å²) in [5.74, 6) is 0.0841. The van der Waals surface area contributed by atoms with E-state index in [0.717, 1.165) is 30.0 Å². The summed E-state index contributed by atoms with van der Waals surface area (Å²) >= 11 is 0. The van der Waals surface area contributed by atoms with Crippen LogP contribution in [0.5, 0.6) is 0 Å². The summed E-state index contributed by atoms with van der Waals surface area (Å²) in [7, 11) is -2.45. The number of nitrogens with zero attached hydrogens (tertiary/aromatic N) is 2. The van der Waals surface area contributed by atoms with Gasteiger partial charge in [-0.3, -0.25) is 4.79 Å². The van der Waals surface area contributed by atoms with Crippen molar-refractivity contribution in [2.24, 2.45) is 11.3 Å². The van der Waals surface area contributed by atoms with Crippen LogP contribution in [-0.2, 0) is 19.6 Å². The zero-order valence-corrected chi connectivity index (χ0v) is 17.3. The van der Waals surface area contributed by atoms with E-state index in [-0.39, 0.29) is 23.0 Å². The highest BCUT2D eigenvalue weighted by Gasteiger charge is 2.32. The van der Waals surface area contributed by atoms with Crippen LogP contribution in [0.25, 0.3) is 0 Å². The first-order chi connectivity index (χ1) is 12.5. The molecule has 1 fully saturated rings. The first-order valence-electron chi connectivity index (χ1n) is 9.20. The zero-order chi connectivity index (χ0) is 20.2. The maximum atomic E-state index is 12.5. The van der Waals surface area contributed by atoms with Crippen LogP contribution in [0.15, 0.2) is 29.2 Å². The predicted molar refractivity (Wildman–Crippen MR) is 102 cm³/mol. The molecule has 0 amide bonds. The highest BCUT2D eigenvalue weighted by molar-refractivity contribution is 7.89. The Balaban J connectivity index is 1.90. The van der Waals surface area contributed by atoms with E-state index in [9.17, 15) is 13.2 Å². The second-order valence-electron chi connectivity index (χ2n) is 8.23. The van der Waals surface area contributed by atoms with Crippen LogP contribution in [0, 0.1) is 22.7 Å².